The van der Waals surface area contributed by atoms with Crippen LogP contribution < -0.4 is 11.1 Å². The Labute approximate surface area is 123 Å². The molecule has 5 nitrogen and oxygen atoms in total. The summed E-state index contributed by atoms with van der Waals surface area (Å²) < 4.78 is 24.3. The molecule has 0 aliphatic rings. The minimum atomic E-state index is -3.49. The van der Waals surface area contributed by atoms with Crippen LogP contribution in [-0.2, 0) is 9.84 Å². The summed E-state index contributed by atoms with van der Waals surface area (Å²) in [7, 11) is -3.49. The highest BCUT2D eigenvalue weighted by atomic mass is 32.2. The quantitative estimate of drug-likeness (QED) is 0.596. The van der Waals surface area contributed by atoms with Crippen molar-refractivity contribution in [2.45, 2.75) is 32.1 Å². The highest BCUT2D eigenvalue weighted by Gasteiger charge is 2.27. The van der Waals surface area contributed by atoms with E-state index in [-0.39, 0.29) is 28.5 Å². The second-order valence-corrected chi connectivity index (χ2v) is 7.73. The molecule has 112 valence electrons. The summed E-state index contributed by atoms with van der Waals surface area (Å²) in [4.78, 5) is 12.2. The average Bonchev–Trinajstić information content (AvgIpc) is 2.73. The number of nitrogen functional groups attached to an aromatic ring is 1. The van der Waals surface area contributed by atoms with E-state index in [1.165, 1.54) is 0 Å². The maximum atomic E-state index is 12.2. The molecule has 0 bridgehead atoms. The first kappa shape index (κ1) is 16.7. The monoisotopic (exact) mass is 316 g/mol. The fraction of sp³-hybridized carbons (Fsp3) is 0.462. The molecule has 0 spiro atoms. The van der Waals surface area contributed by atoms with Crippen molar-refractivity contribution < 1.29 is 13.2 Å². The van der Waals surface area contributed by atoms with E-state index < -0.39 is 9.84 Å². The Hall–Kier alpha value is -1.34. The van der Waals surface area contributed by atoms with Gasteiger partial charge in [-0.25, -0.2) is 8.42 Å². The van der Waals surface area contributed by atoms with Crippen LogP contribution in [0.4, 0.5) is 10.7 Å². The smallest absolute Gasteiger partial charge is 0.183 e. The molecule has 1 heterocycles. The number of carbonyl (C=O) groups excluding carboxylic acids is 1. The van der Waals surface area contributed by atoms with Gasteiger partial charge in [-0.1, -0.05) is 26.0 Å². The first-order chi connectivity index (χ1) is 9.24. The van der Waals surface area contributed by atoms with Gasteiger partial charge in [0.05, 0.1) is 16.3 Å². The number of hydrogen-bond donors (Lipinski definition) is 2. The van der Waals surface area contributed by atoms with E-state index >= 15 is 0 Å². The molecule has 0 aliphatic carbocycles. The van der Waals surface area contributed by atoms with Crippen LogP contribution in [0.1, 0.15) is 36.9 Å². The summed E-state index contributed by atoms with van der Waals surface area (Å²) in [5.41, 5.74) is 6.82. The van der Waals surface area contributed by atoms with Crippen LogP contribution in [0.5, 0.6) is 0 Å². The maximum absolute atomic E-state index is 12.2. The SMILES string of the molecule is C=C(C)CNc1sc(C(=O)CC)c(N)c1S(=O)(=O)CC. The lowest BCUT2D eigenvalue weighted by Gasteiger charge is -2.07. The van der Waals surface area contributed by atoms with E-state index in [1.807, 2.05) is 6.92 Å². The molecule has 0 unspecified atom stereocenters. The number of nitrogens with one attached hydrogen (secondary N) is 1. The fourth-order valence-electron chi connectivity index (χ4n) is 1.60. The maximum Gasteiger partial charge on any atom is 0.183 e. The Morgan fingerprint density at radius 1 is 1.40 bits per heavy atom. The van der Waals surface area contributed by atoms with Gasteiger partial charge in [0.25, 0.3) is 0 Å². The predicted molar refractivity (Wildman–Crippen MR) is 84.4 cm³/mol. The molecule has 0 radical (unpaired) electrons. The fourth-order valence-corrected chi connectivity index (χ4v) is 4.27. The lowest BCUT2D eigenvalue weighted by atomic mass is 10.2. The van der Waals surface area contributed by atoms with Crippen molar-refractivity contribution in [3.63, 3.8) is 0 Å². The largest absolute Gasteiger partial charge is 0.396 e. The molecule has 0 saturated carbocycles. The number of rotatable bonds is 7. The molecular weight excluding hydrogens is 296 g/mol. The lowest BCUT2D eigenvalue weighted by molar-refractivity contribution is 0.0992. The molecule has 0 aromatic carbocycles. The minimum absolute atomic E-state index is 0.0445. The second kappa shape index (κ2) is 6.41. The summed E-state index contributed by atoms with van der Waals surface area (Å²) in [6.45, 7) is 9.29. The zero-order valence-corrected chi connectivity index (χ0v) is 13.6. The molecule has 20 heavy (non-hydrogen) atoms. The first-order valence-electron chi connectivity index (χ1n) is 6.31. The first-order valence-corrected chi connectivity index (χ1v) is 8.77. The third-order valence-corrected chi connectivity index (χ3v) is 5.86. The van der Waals surface area contributed by atoms with E-state index in [0.29, 0.717) is 16.4 Å². The highest BCUT2D eigenvalue weighted by molar-refractivity contribution is 7.91. The third kappa shape index (κ3) is 3.40. The van der Waals surface area contributed by atoms with Gasteiger partial charge in [-0.3, -0.25) is 4.79 Å². The van der Waals surface area contributed by atoms with Crippen LogP contribution in [0.3, 0.4) is 0 Å². The molecule has 1 aromatic rings. The highest BCUT2D eigenvalue weighted by Crippen LogP contribution is 2.40. The van der Waals surface area contributed by atoms with Crippen LogP contribution >= 0.6 is 11.3 Å². The normalized spacial score (nSPS) is 11.3. The van der Waals surface area contributed by atoms with Crippen molar-refractivity contribution in [2.24, 2.45) is 0 Å². The van der Waals surface area contributed by atoms with E-state index in [4.69, 9.17) is 5.73 Å². The van der Waals surface area contributed by atoms with Crippen LogP contribution in [0.15, 0.2) is 17.0 Å². The average molecular weight is 316 g/mol. The van der Waals surface area contributed by atoms with Gasteiger partial charge >= 0.3 is 0 Å². The van der Waals surface area contributed by atoms with Crippen LogP contribution in [-0.4, -0.2) is 26.5 Å². The van der Waals surface area contributed by atoms with Gasteiger partial charge in [0.2, 0.25) is 0 Å². The summed E-state index contributed by atoms with van der Waals surface area (Å²) in [5.74, 6) is -0.210. The van der Waals surface area contributed by atoms with Gasteiger partial charge in [0.1, 0.15) is 9.90 Å². The van der Waals surface area contributed by atoms with Crippen molar-refractivity contribution in [3.05, 3.63) is 17.0 Å². The van der Waals surface area contributed by atoms with E-state index in [9.17, 15) is 13.2 Å². The molecular formula is C13H20N2O3S2. The molecule has 0 aliphatic heterocycles. The zero-order valence-electron chi connectivity index (χ0n) is 11.9. The zero-order chi connectivity index (χ0) is 15.5. The van der Waals surface area contributed by atoms with Gasteiger partial charge in [0, 0.05) is 13.0 Å². The van der Waals surface area contributed by atoms with Gasteiger partial charge in [-0.2, -0.15) is 0 Å². The predicted octanol–water partition coefficient (Wildman–Crippen LogP) is 2.70. The number of ketones is 1. The van der Waals surface area contributed by atoms with Gasteiger partial charge in [-0.15, -0.1) is 11.3 Å². The Balaban J connectivity index is 3.41. The van der Waals surface area contributed by atoms with E-state index in [1.54, 1.807) is 13.8 Å². The van der Waals surface area contributed by atoms with Crippen LogP contribution in [0, 0.1) is 0 Å². The van der Waals surface area contributed by atoms with Gasteiger partial charge in [0.15, 0.2) is 15.6 Å². The van der Waals surface area contributed by atoms with Crippen molar-refractivity contribution in [1.29, 1.82) is 0 Å². The van der Waals surface area contributed by atoms with Gasteiger partial charge in [-0.05, 0) is 6.92 Å². The standard InChI is InChI=1S/C13H20N2O3S2/c1-5-9(16)11-10(14)12(20(17,18)6-2)13(19-11)15-7-8(3)4/h15H,3,5-7,14H2,1-2,4H3. The summed E-state index contributed by atoms with van der Waals surface area (Å²) >= 11 is 1.10. The summed E-state index contributed by atoms with van der Waals surface area (Å²) in [5, 5.41) is 3.42. The molecule has 0 atom stereocenters. The number of sulfone groups is 1. The Kier molecular flexibility index (Phi) is 5.35. The second-order valence-electron chi connectivity index (χ2n) is 4.49. The van der Waals surface area contributed by atoms with Crippen molar-refractivity contribution >= 4 is 37.6 Å². The Bertz CT molecular complexity index is 630. The molecule has 0 saturated heterocycles. The number of thiophene rings is 1. The van der Waals surface area contributed by atoms with Crippen molar-refractivity contribution in [3.8, 4) is 0 Å². The van der Waals surface area contributed by atoms with E-state index in [0.717, 1.165) is 16.9 Å². The van der Waals surface area contributed by atoms with Crippen LogP contribution in [0.2, 0.25) is 0 Å². The van der Waals surface area contributed by atoms with Crippen molar-refractivity contribution in [1.82, 2.24) is 0 Å². The molecule has 0 fully saturated rings. The van der Waals surface area contributed by atoms with E-state index in [2.05, 4.69) is 11.9 Å². The molecule has 7 heteroatoms. The molecule has 3 N–H and O–H groups in total. The number of nitrogens with two attached hydrogens (primary N) is 1. The summed E-state index contributed by atoms with van der Waals surface area (Å²) in [6.07, 6.45) is 0.288. The molecule has 1 aromatic heterocycles. The Morgan fingerprint density at radius 2 is 2.00 bits per heavy atom. The summed E-state index contributed by atoms with van der Waals surface area (Å²) in [6, 6.07) is 0. The van der Waals surface area contributed by atoms with Gasteiger partial charge < -0.3 is 11.1 Å². The minimum Gasteiger partial charge on any atom is -0.396 e. The third-order valence-electron chi connectivity index (χ3n) is 2.72. The number of anilines is 2. The molecule has 1 rings (SSSR count). The van der Waals surface area contributed by atoms with Crippen LogP contribution in [0.25, 0.3) is 0 Å². The number of hydrogen-bond acceptors (Lipinski definition) is 6. The van der Waals surface area contributed by atoms with Crippen molar-refractivity contribution in [2.75, 3.05) is 23.3 Å². The topological polar surface area (TPSA) is 89.3 Å². The lowest BCUT2D eigenvalue weighted by Crippen LogP contribution is -2.10. The number of carbonyl (C=O) groups is 1. The Morgan fingerprint density at radius 3 is 2.45 bits per heavy atom. The number of Topliss-reactive ketones (excluding diaryl/α,β-unsaturated/α-hetero) is 1. The molecule has 0 amide bonds.